The topological polar surface area (TPSA) is 6.48 Å². The molecule has 0 bridgehead atoms. The fourth-order valence-corrected chi connectivity index (χ4v) is 9.29. The van der Waals surface area contributed by atoms with Crippen LogP contribution in [-0.2, 0) is 5.41 Å². The fourth-order valence-electron chi connectivity index (χ4n) is 9.29. The van der Waals surface area contributed by atoms with E-state index in [2.05, 4.69) is 255 Å². The zero-order chi connectivity index (χ0) is 42.0. The van der Waals surface area contributed by atoms with E-state index in [9.17, 15) is 0 Å². The molecule has 0 aliphatic heterocycles. The van der Waals surface area contributed by atoms with E-state index in [0.717, 1.165) is 28.3 Å². The lowest BCUT2D eigenvalue weighted by molar-refractivity contribution is 0.660. The Labute approximate surface area is 365 Å². The number of rotatable bonds is 11. The molecule has 9 aromatic rings. The molecule has 1 aliphatic carbocycles. The van der Waals surface area contributed by atoms with Gasteiger partial charge in [-0.3, -0.25) is 0 Å². The Morgan fingerprint density at radius 2 is 1.11 bits per heavy atom. The zero-order valence-corrected chi connectivity index (χ0v) is 35.2. The van der Waals surface area contributed by atoms with Crippen LogP contribution in [0.1, 0.15) is 30.5 Å². The molecular formula is C60H48N2. The zero-order valence-electron chi connectivity index (χ0n) is 35.2. The van der Waals surface area contributed by atoms with Gasteiger partial charge >= 0.3 is 0 Å². The third-order valence-electron chi connectivity index (χ3n) is 12.5. The van der Waals surface area contributed by atoms with Crippen LogP contribution in [0, 0.1) is 0 Å². The smallest absolute Gasteiger partial charge is 0.0540 e. The molecule has 62 heavy (non-hydrogen) atoms. The summed E-state index contributed by atoms with van der Waals surface area (Å²) < 4.78 is 0. The first-order chi connectivity index (χ1) is 30.5. The van der Waals surface area contributed by atoms with Crippen molar-refractivity contribution >= 4 is 55.6 Å². The Balaban J connectivity index is 0.994. The maximum absolute atomic E-state index is 4.00. The lowest BCUT2D eigenvalue weighted by Crippen LogP contribution is -2.19. The summed E-state index contributed by atoms with van der Waals surface area (Å²) in [6.07, 6.45) is 8.42. The highest BCUT2D eigenvalue weighted by atomic mass is 15.1. The van der Waals surface area contributed by atoms with Crippen molar-refractivity contribution in [2.24, 2.45) is 0 Å². The first kappa shape index (κ1) is 38.5. The average molecular weight is 797 g/mol. The summed E-state index contributed by atoms with van der Waals surface area (Å²) in [4.78, 5) is 4.81. The summed E-state index contributed by atoms with van der Waals surface area (Å²) in [5.41, 5.74) is 15.6. The number of hydrogen-bond acceptors (Lipinski definition) is 2. The summed E-state index contributed by atoms with van der Waals surface area (Å²) in [5.74, 6) is 0. The summed E-state index contributed by atoms with van der Waals surface area (Å²) in [6.45, 7) is 9.39. The first-order valence-corrected chi connectivity index (χ1v) is 21.5. The van der Waals surface area contributed by atoms with Crippen LogP contribution in [0.2, 0.25) is 0 Å². The van der Waals surface area contributed by atoms with Crippen molar-refractivity contribution in [2.75, 3.05) is 16.3 Å². The molecule has 0 unspecified atom stereocenters. The van der Waals surface area contributed by atoms with E-state index < -0.39 is 0 Å². The molecule has 0 radical (unpaired) electrons. The van der Waals surface area contributed by atoms with Crippen LogP contribution in [0.25, 0.3) is 49.4 Å². The largest absolute Gasteiger partial charge is 0.338 e. The third kappa shape index (κ3) is 7.20. The van der Waals surface area contributed by atoms with Crippen LogP contribution in [-0.4, -0.2) is 6.54 Å². The number of nitrogens with zero attached hydrogens (tertiary/aromatic N) is 2. The molecule has 0 heterocycles. The summed E-state index contributed by atoms with van der Waals surface area (Å²) in [5, 5.41) is 4.88. The van der Waals surface area contributed by atoms with E-state index in [1.807, 2.05) is 6.08 Å². The van der Waals surface area contributed by atoms with Gasteiger partial charge in [0.05, 0.1) is 5.69 Å². The van der Waals surface area contributed by atoms with Gasteiger partial charge in [0.2, 0.25) is 0 Å². The van der Waals surface area contributed by atoms with E-state index in [4.69, 9.17) is 0 Å². The highest BCUT2D eigenvalue weighted by Crippen LogP contribution is 2.50. The predicted octanol–water partition coefficient (Wildman–Crippen LogP) is 16.4. The van der Waals surface area contributed by atoms with Crippen molar-refractivity contribution in [3.8, 4) is 22.3 Å². The molecule has 0 saturated carbocycles. The Bertz CT molecular complexity index is 3130. The van der Waals surface area contributed by atoms with Crippen LogP contribution < -0.4 is 9.80 Å². The van der Waals surface area contributed by atoms with Gasteiger partial charge in [0, 0.05) is 40.1 Å². The number of anilines is 5. The normalized spacial score (nSPS) is 13.0. The molecule has 10 rings (SSSR count). The maximum atomic E-state index is 4.00. The molecule has 0 aromatic heterocycles. The summed E-state index contributed by atoms with van der Waals surface area (Å²) >= 11 is 0. The van der Waals surface area contributed by atoms with E-state index in [-0.39, 0.29) is 5.41 Å². The van der Waals surface area contributed by atoms with Crippen LogP contribution in [0.4, 0.5) is 28.4 Å². The molecule has 9 aromatic carbocycles. The molecule has 0 saturated heterocycles. The second-order valence-corrected chi connectivity index (χ2v) is 16.6. The Kier molecular flexibility index (Phi) is 10.2. The number of allylic oxidation sites excluding steroid dienone is 4. The van der Waals surface area contributed by atoms with Gasteiger partial charge in [-0.25, -0.2) is 0 Å². The predicted molar refractivity (Wildman–Crippen MR) is 266 cm³/mol. The Morgan fingerprint density at radius 1 is 0.500 bits per heavy atom. The van der Waals surface area contributed by atoms with Crippen molar-refractivity contribution in [3.63, 3.8) is 0 Å². The van der Waals surface area contributed by atoms with Crippen molar-refractivity contribution in [3.05, 3.63) is 254 Å². The van der Waals surface area contributed by atoms with Gasteiger partial charge in [-0.15, -0.1) is 0 Å². The average Bonchev–Trinajstić information content (AvgIpc) is 3.56. The molecule has 1 aliphatic rings. The third-order valence-corrected chi connectivity index (χ3v) is 12.5. The van der Waals surface area contributed by atoms with Crippen molar-refractivity contribution in [2.45, 2.75) is 19.3 Å². The van der Waals surface area contributed by atoms with Gasteiger partial charge in [0.1, 0.15) is 0 Å². The van der Waals surface area contributed by atoms with Crippen LogP contribution >= 0.6 is 0 Å². The van der Waals surface area contributed by atoms with Gasteiger partial charge in [0.15, 0.2) is 0 Å². The van der Waals surface area contributed by atoms with Gasteiger partial charge in [0.25, 0.3) is 0 Å². The van der Waals surface area contributed by atoms with Crippen molar-refractivity contribution in [1.29, 1.82) is 0 Å². The molecule has 0 fully saturated rings. The molecule has 298 valence electrons. The number of hydrogen-bond donors (Lipinski definition) is 0. The maximum Gasteiger partial charge on any atom is 0.0540 e. The highest BCUT2D eigenvalue weighted by molar-refractivity contribution is 6.00. The van der Waals surface area contributed by atoms with Crippen LogP contribution in [0.15, 0.2) is 237 Å². The van der Waals surface area contributed by atoms with Gasteiger partial charge in [-0.1, -0.05) is 196 Å². The quantitative estimate of drug-likeness (QED) is 0.120. The first-order valence-electron chi connectivity index (χ1n) is 21.5. The van der Waals surface area contributed by atoms with Gasteiger partial charge < -0.3 is 9.80 Å². The summed E-state index contributed by atoms with van der Waals surface area (Å²) in [7, 11) is 0. The fraction of sp³-hybridized carbons (Fsp3) is 0.0667. The highest BCUT2D eigenvalue weighted by Gasteiger charge is 2.35. The lowest BCUT2D eigenvalue weighted by atomic mass is 9.82. The molecular weight excluding hydrogens is 749 g/mol. The molecule has 2 nitrogen and oxygen atoms in total. The van der Waals surface area contributed by atoms with E-state index in [1.54, 1.807) is 0 Å². The standard InChI is InChI=1S/C60H48N2/c1-4-16-43(44-17-6-5-7-18-44)23-15-40-61(52-38-39-56-55-25-12-13-26-57(55)60(2,3)58(56)42-52)50-33-28-46(29-34-50)47-30-35-51(36-31-47)62(53-37-32-45-19-8-9-21-49(45)41-53)59-27-14-22-48-20-10-11-24-54(48)59/h4-39,41-42H,1,40H2,2-3H3/b23-15-,43-16+. The Hall–Kier alpha value is -7.68. The molecule has 0 spiro atoms. The second kappa shape index (κ2) is 16.4. The Morgan fingerprint density at radius 3 is 1.89 bits per heavy atom. The van der Waals surface area contributed by atoms with Crippen LogP contribution in [0.5, 0.6) is 0 Å². The minimum Gasteiger partial charge on any atom is -0.338 e. The van der Waals surface area contributed by atoms with E-state index in [1.165, 1.54) is 66.2 Å². The minimum atomic E-state index is -0.0931. The molecule has 0 amide bonds. The molecule has 0 atom stereocenters. The number of benzene rings is 9. The molecule has 0 N–H and O–H groups in total. The summed E-state index contributed by atoms with van der Waals surface area (Å²) in [6, 6.07) is 75.0. The van der Waals surface area contributed by atoms with E-state index in [0.29, 0.717) is 6.54 Å². The lowest BCUT2D eigenvalue weighted by Gasteiger charge is -2.28. The van der Waals surface area contributed by atoms with Gasteiger partial charge in [-0.05, 0) is 115 Å². The van der Waals surface area contributed by atoms with Gasteiger partial charge in [-0.2, -0.15) is 0 Å². The monoisotopic (exact) mass is 796 g/mol. The van der Waals surface area contributed by atoms with E-state index >= 15 is 0 Å². The second-order valence-electron chi connectivity index (χ2n) is 16.6. The van der Waals surface area contributed by atoms with Crippen molar-refractivity contribution in [1.82, 2.24) is 0 Å². The molecule has 2 heteroatoms. The van der Waals surface area contributed by atoms with Crippen molar-refractivity contribution < 1.29 is 0 Å². The number of fused-ring (bicyclic) bond motifs is 5. The minimum absolute atomic E-state index is 0.0931. The van der Waals surface area contributed by atoms with Crippen LogP contribution in [0.3, 0.4) is 0 Å². The SMILES string of the molecule is C=C/C=C(\C=C/CN(c1ccc(-c2ccc(N(c3ccc4ccccc4c3)c3cccc4ccccc34)cc2)cc1)c1ccc2c(c1)C(C)(C)c1ccccc1-2)c1ccccc1.